The minimum atomic E-state index is -4.20. The summed E-state index contributed by atoms with van der Waals surface area (Å²) in [5, 5.41) is 0.745. The van der Waals surface area contributed by atoms with Crippen LogP contribution in [0.4, 0.5) is 19.0 Å². The Morgan fingerprint density at radius 1 is 1.07 bits per heavy atom. The zero-order valence-corrected chi connectivity index (χ0v) is 16.2. The number of rotatable bonds is 3. The molecule has 0 aromatic carbocycles. The highest BCUT2D eigenvalue weighted by Crippen LogP contribution is 2.34. The molecule has 2 saturated heterocycles. The van der Waals surface area contributed by atoms with Gasteiger partial charge in [0.25, 0.3) is 0 Å². The molecule has 0 saturated carbocycles. The molecule has 2 aromatic heterocycles. The highest BCUT2D eigenvalue weighted by atomic mass is 32.1. The number of hydrogen-bond acceptors (Lipinski definition) is 6. The smallest absolute Gasteiger partial charge is 0.353 e. The quantitative estimate of drug-likeness (QED) is 0.793. The molecule has 0 radical (unpaired) electrons. The normalized spacial score (nSPS) is 21.3. The van der Waals surface area contributed by atoms with Gasteiger partial charge in [-0.3, -0.25) is 4.90 Å². The third-order valence-electron chi connectivity index (χ3n) is 5.55. The molecule has 2 aliphatic rings. The lowest BCUT2D eigenvalue weighted by Gasteiger charge is -2.42. The zero-order chi connectivity index (χ0) is 19.0. The molecule has 0 N–H and O–H groups in total. The number of halogens is 3. The summed E-state index contributed by atoms with van der Waals surface area (Å²) in [5.41, 5.74) is 0. The summed E-state index contributed by atoms with van der Waals surface area (Å²) in [6.45, 7) is 5.94. The number of thiophene rings is 1. The van der Waals surface area contributed by atoms with Crippen LogP contribution in [0.5, 0.6) is 0 Å². The second kappa shape index (κ2) is 7.52. The topological polar surface area (TPSA) is 35.5 Å². The van der Waals surface area contributed by atoms with E-state index in [0.717, 1.165) is 61.8 Å². The summed E-state index contributed by atoms with van der Waals surface area (Å²) in [6, 6.07) is 2.26. The van der Waals surface area contributed by atoms with Gasteiger partial charge in [-0.15, -0.1) is 11.3 Å². The van der Waals surface area contributed by atoms with Crippen molar-refractivity contribution in [2.45, 2.75) is 31.5 Å². The summed E-state index contributed by atoms with van der Waals surface area (Å²) in [6.07, 6.45) is -1.22. The summed E-state index contributed by atoms with van der Waals surface area (Å²) in [5.74, 6) is 0.771. The third kappa shape index (κ3) is 4.35. The highest BCUT2D eigenvalue weighted by molar-refractivity contribution is 7.18. The van der Waals surface area contributed by atoms with E-state index in [2.05, 4.69) is 31.7 Å². The van der Waals surface area contributed by atoms with Gasteiger partial charge in [-0.1, -0.05) is 0 Å². The molecular formula is C18H24F3N5S. The predicted molar refractivity (Wildman–Crippen MR) is 101 cm³/mol. The van der Waals surface area contributed by atoms with Crippen molar-refractivity contribution in [2.24, 2.45) is 0 Å². The molecule has 0 spiro atoms. The number of nitrogens with zero attached hydrogens (tertiary/aromatic N) is 5. The van der Waals surface area contributed by atoms with E-state index in [-0.39, 0.29) is 0 Å². The molecule has 27 heavy (non-hydrogen) atoms. The van der Waals surface area contributed by atoms with Crippen LogP contribution in [0, 0.1) is 0 Å². The van der Waals surface area contributed by atoms with E-state index in [1.807, 2.05) is 0 Å². The Labute approximate surface area is 160 Å². The van der Waals surface area contributed by atoms with Gasteiger partial charge in [-0.2, -0.15) is 13.2 Å². The number of aromatic nitrogens is 2. The van der Waals surface area contributed by atoms with Gasteiger partial charge >= 0.3 is 6.18 Å². The molecular weight excluding hydrogens is 375 g/mol. The fourth-order valence-electron chi connectivity index (χ4n) is 4.09. The van der Waals surface area contributed by atoms with Crippen molar-refractivity contribution in [2.75, 3.05) is 51.2 Å². The number of anilines is 1. The SMILES string of the molecule is CN1CCC(N2CCN(c3ncnc4sc(CC(F)(F)F)cc34)CC2)CC1. The van der Waals surface area contributed by atoms with E-state index in [0.29, 0.717) is 15.7 Å². The lowest BCUT2D eigenvalue weighted by Crippen LogP contribution is -2.53. The van der Waals surface area contributed by atoms with Gasteiger partial charge < -0.3 is 9.80 Å². The largest absolute Gasteiger partial charge is 0.393 e. The Balaban J connectivity index is 1.45. The van der Waals surface area contributed by atoms with Crippen molar-refractivity contribution in [3.63, 3.8) is 0 Å². The van der Waals surface area contributed by atoms with E-state index in [1.165, 1.54) is 19.2 Å². The number of hydrogen-bond donors (Lipinski definition) is 0. The summed E-state index contributed by atoms with van der Waals surface area (Å²) in [4.78, 5) is 16.6. The molecule has 0 unspecified atom stereocenters. The molecule has 0 aliphatic carbocycles. The van der Waals surface area contributed by atoms with Gasteiger partial charge in [0, 0.05) is 37.1 Å². The molecule has 9 heteroatoms. The van der Waals surface area contributed by atoms with Gasteiger partial charge in [0.1, 0.15) is 17.0 Å². The first-order valence-electron chi connectivity index (χ1n) is 9.37. The average molecular weight is 399 g/mol. The van der Waals surface area contributed by atoms with Crippen molar-refractivity contribution in [1.29, 1.82) is 0 Å². The van der Waals surface area contributed by atoms with E-state index >= 15 is 0 Å². The van der Waals surface area contributed by atoms with Gasteiger partial charge in [-0.25, -0.2) is 9.97 Å². The first kappa shape index (κ1) is 18.9. The number of piperazine rings is 1. The van der Waals surface area contributed by atoms with Gasteiger partial charge in [-0.05, 0) is 39.0 Å². The van der Waals surface area contributed by atoms with E-state index < -0.39 is 12.6 Å². The number of fused-ring (bicyclic) bond motifs is 1. The fraction of sp³-hybridized carbons (Fsp3) is 0.667. The molecule has 0 amide bonds. The van der Waals surface area contributed by atoms with Crippen LogP contribution in [0.25, 0.3) is 10.2 Å². The average Bonchev–Trinajstić information content (AvgIpc) is 3.03. The Bertz CT molecular complexity index is 777. The van der Waals surface area contributed by atoms with Crippen LogP contribution in [0.1, 0.15) is 17.7 Å². The minimum absolute atomic E-state index is 0.296. The Morgan fingerprint density at radius 3 is 2.44 bits per heavy atom. The van der Waals surface area contributed by atoms with Crippen molar-refractivity contribution in [3.8, 4) is 0 Å². The Hall–Kier alpha value is -1.45. The molecule has 5 nitrogen and oxygen atoms in total. The highest BCUT2D eigenvalue weighted by Gasteiger charge is 2.30. The van der Waals surface area contributed by atoms with Crippen LogP contribution in [0.15, 0.2) is 12.4 Å². The van der Waals surface area contributed by atoms with Crippen LogP contribution < -0.4 is 4.90 Å². The maximum absolute atomic E-state index is 12.7. The lowest BCUT2D eigenvalue weighted by molar-refractivity contribution is -0.126. The van der Waals surface area contributed by atoms with Gasteiger partial charge in [0.15, 0.2) is 0 Å². The molecule has 0 bridgehead atoms. The molecule has 2 aliphatic heterocycles. The molecule has 0 atom stereocenters. The van der Waals surface area contributed by atoms with Crippen LogP contribution in [-0.4, -0.2) is 78.3 Å². The maximum Gasteiger partial charge on any atom is 0.393 e. The Morgan fingerprint density at radius 2 is 1.78 bits per heavy atom. The molecule has 4 heterocycles. The van der Waals surface area contributed by atoms with Crippen molar-refractivity contribution in [1.82, 2.24) is 19.8 Å². The predicted octanol–water partition coefficient (Wildman–Crippen LogP) is 3.01. The third-order valence-corrected chi connectivity index (χ3v) is 6.60. The zero-order valence-electron chi connectivity index (χ0n) is 15.4. The fourth-order valence-corrected chi connectivity index (χ4v) is 5.11. The standard InChI is InChI=1S/C18H24F3N5S/c1-24-4-2-13(3-5-24)25-6-8-26(9-7-25)16-15-10-14(11-18(19,20)21)27-17(15)23-12-22-16/h10,12-13H,2-9,11H2,1H3. The van der Waals surface area contributed by atoms with Crippen LogP contribution >= 0.6 is 11.3 Å². The van der Waals surface area contributed by atoms with E-state index in [4.69, 9.17) is 0 Å². The number of alkyl halides is 3. The molecule has 2 aromatic rings. The Kier molecular flexibility index (Phi) is 5.26. The summed E-state index contributed by atoms with van der Waals surface area (Å²) in [7, 11) is 2.17. The molecule has 2 fully saturated rings. The number of piperidine rings is 1. The maximum atomic E-state index is 12.7. The number of likely N-dealkylation sites (tertiary alicyclic amines) is 1. The van der Waals surface area contributed by atoms with Crippen LogP contribution in [0.3, 0.4) is 0 Å². The van der Waals surface area contributed by atoms with Gasteiger partial charge in [0.05, 0.1) is 11.8 Å². The molecule has 4 rings (SSSR count). The van der Waals surface area contributed by atoms with Gasteiger partial charge in [0.2, 0.25) is 0 Å². The van der Waals surface area contributed by atoms with Crippen LogP contribution in [-0.2, 0) is 6.42 Å². The van der Waals surface area contributed by atoms with E-state index in [1.54, 1.807) is 6.07 Å². The minimum Gasteiger partial charge on any atom is -0.353 e. The lowest BCUT2D eigenvalue weighted by atomic mass is 10.0. The summed E-state index contributed by atoms with van der Waals surface area (Å²) < 4.78 is 38.2. The molecule has 148 valence electrons. The van der Waals surface area contributed by atoms with Crippen molar-refractivity contribution < 1.29 is 13.2 Å². The second-order valence-corrected chi connectivity index (χ2v) is 8.59. The summed E-state index contributed by atoms with van der Waals surface area (Å²) >= 11 is 1.11. The van der Waals surface area contributed by atoms with Crippen LogP contribution in [0.2, 0.25) is 0 Å². The first-order valence-corrected chi connectivity index (χ1v) is 10.2. The first-order chi connectivity index (χ1) is 12.9. The second-order valence-electron chi connectivity index (χ2n) is 7.48. The monoisotopic (exact) mass is 399 g/mol. The van der Waals surface area contributed by atoms with Crippen molar-refractivity contribution in [3.05, 3.63) is 17.3 Å². The van der Waals surface area contributed by atoms with Crippen molar-refractivity contribution >= 4 is 27.4 Å². The van der Waals surface area contributed by atoms with E-state index in [9.17, 15) is 13.2 Å².